The molecule has 2 aromatic carbocycles. The van der Waals surface area contributed by atoms with E-state index in [2.05, 4.69) is 15.3 Å². The Morgan fingerprint density at radius 3 is 2.85 bits per heavy atom. The first-order chi connectivity index (χ1) is 13.1. The maximum absolute atomic E-state index is 14.1. The van der Waals surface area contributed by atoms with Crippen LogP contribution in [0.15, 0.2) is 53.8 Å². The molecule has 0 fully saturated rings. The van der Waals surface area contributed by atoms with Gasteiger partial charge in [0.05, 0.1) is 21.4 Å². The molecule has 0 bridgehead atoms. The zero-order valence-electron chi connectivity index (χ0n) is 13.9. The van der Waals surface area contributed by atoms with Crippen molar-refractivity contribution in [1.82, 2.24) is 15.3 Å². The summed E-state index contributed by atoms with van der Waals surface area (Å²) in [7, 11) is 0. The standard InChI is InChI=1S/C19H13F2N3OS2/c20-12-4-1-3-11(7-12)8-22-15(25)9-26-19-18-17(23-10-24-19)16-13(21)5-2-6-14(16)27-18/h1-7,10H,8-9H2,(H,22,25). The molecule has 0 aliphatic carbocycles. The number of halogens is 2. The van der Waals surface area contributed by atoms with E-state index >= 15 is 0 Å². The van der Waals surface area contributed by atoms with E-state index in [0.29, 0.717) is 21.5 Å². The predicted molar refractivity (Wildman–Crippen MR) is 104 cm³/mol. The number of thiophene rings is 1. The van der Waals surface area contributed by atoms with Gasteiger partial charge in [0, 0.05) is 11.2 Å². The summed E-state index contributed by atoms with van der Waals surface area (Å²) in [6.07, 6.45) is 1.38. The fraction of sp³-hybridized carbons (Fsp3) is 0.105. The van der Waals surface area contributed by atoms with Crippen LogP contribution in [0.4, 0.5) is 8.78 Å². The van der Waals surface area contributed by atoms with E-state index in [-0.39, 0.29) is 29.8 Å². The van der Waals surface area contributed by atoms with Gasteiger partial charge in [-0.2, -0.15) is 0 Å². The number of thioether (sulfide) groups is 1. The highest BCUT2D eigenvalue weighted by Crippen LogP contribution is 2.38. The van der Waals surface area contributed by atoms with E-state index in [4.69, 9.17) is 0 Å². The molecule has 27 heavy (non-hydrogen) atoms. The normalized spacial score (nSPS) is 11.2. The number of benzene rings is 2. The summed E-state index contributed by atoms with van der Waals surface area (Å²) in [5.41, 5.74) is 1.25. The summed E-state index contributed by atoms with van der Waals surface area (Å²) in [4.78, 5) is 20.6. The summed E-state index contributed by atoms with van der Waals surface area (Å²) in [6, 6.07) is 11.0. The second-order valence-corrected chi connectivity index (χ2v) is 7.78. The van der Waals surface area contributed by atoms with Crippen molar-refractivity contribution in [3.63, 3.8) is 0 Å². The highest BCUT2D eigenvalue weighted by atomic mass is 32.2. The Labute approximate surface area is 161 Å². The second-order valence-electron chi connectivity index (χ2n) is 5.77. The minimum Gasteiger partial charge on any atom is -0.351 e. The molecule has 0 unspecified atom stereocenters. The number of fused-ring (bicyclic) bond motifs is 3. The molecule has 0 spiro atoms. The maximum Gasteiger partial charge on any atom is 0.230 e. The summed E-state index contributed by atoms with van der Waals surface area (Å²) < 4.78 is 28.9. The maximum atomic E-state index is 14.1. The molecular weight excluding hydrogens is 388 g/mol. The first-order valence-electron chi connectivity index (χ1n) is 8.07. The van der Waals surface area contributed by atoms with Crippen LogP contribution in [0.25, 0.3) is 20.3 Å². The van der Waals surface area contributed by atoms with Gasteiger partial charge in [-0.1, -0.05) is 30.0 Å². The first kappa shape index (κ1) is 17.8. The lowest BCUT2D eigenvalue weighted by molar-refractivity contribution is -0.118. The van der Waals surface area contributed by atoms with Crippen LogP contribution in [0.5, 0.6) is 0 Å². The van der Waals surface area contributed by atoms with Gasteiger partial charge in [0.25, 0.3) is 0 Å². The van der Waals surface area contributed by atoms with Gasteiger partial charge in [-0.25, -0.2) is 18.7 Å². The lowest BCUT2D eigenvalue weighted by Crippen LogP contribution is -2.24. The van der Waals surface area contributed by atoms with E-state index in [1.54, 1.807) is 18.2 Å². The van der Waals surface area contributed by atoms with Crippen molar-refractivity contribution in [2.24, 2.45) is 0 Å². The van der Waals surface area contributed by atoms with Gasteiger partial charge < -0.3 is 5.32 Å². The molecule has 8 heteroatoms. The number of nitrogens with one attached hydrogen (secondary N) is 1. The summed E-state index contributed by atoms with van der Waals surface area (Å²) in [6.45, 7) is 0.254. The van der Waals surface area contributed by atoms with Crippen molar-refractivity contribution in [3.8, 4) is 0 Å². The van der Waals surface area contributed by atoms with Gasteiger partial charge >= 0.3 is 0 Å². The number of hydrogen-bond acceptors (Lipinski definition) is 5. The minimum atomic E-state index is -0.337. The van der Waals surface area contributed by atoms with Crippen LogP contribution < -0.4 is 5.32 Å². The van der Waals surface area contributed by atoms with Crippen LogP contribution in [0.2, 0.25) is 0 Å². The monoisotopic (exact) mass is 401 g/mol. The fourth-order valence-corrected chi connectivity index (χ4v) is 4.77. The average Bonchev–Trinajstić information content (AvgIpc) is 3.05. The van der Waals surface area contributed by atoms with Crippen LogP contribution in [0.1, 0.15) is 5.56 Å². The van der Waals surface area contributed by atoms with Crippen molar-refractivity contribution >= 4 is 49.3 Å². The quantitative estimate of drug-likeness (QED) is 0.394. The van der Waals surface area contributed by atoms with Crippen LogP contribution in [-0.4, -0.2) is 21.6 Å². The van der Waals surface area contributed by atoms with Crippen LogP contribution in [0.3, 0.4) is 0 Å². The topological polar surface area (TPSA) is 54.9 Å². The van der Waals surface area contributed by atoms with Crippen LogP contribution >= 0.6 is 23.1 Å². The third-order valence-corrected chi connectivity index (χ3v) is 6.18. The third-order valence-electron chi connectivity index (χ3n) is 3.91. The Kier molecular flexibility index (Phi) is 5.00. The molecule has 0 atom stereocenters. The molecular formula is C19H13F2N3OS2. The smallest absolute Gasteiger partial charge is 0.230 e. The minimum absolute atomic E-state index is 0.151. The van der Waals surface area contributed by atoms with Gasteiger partial charge in [0.1, 0.15) is 23.0 Å². The average molecular weight is 401 g/mol. The molecule has 2 heterocycles. The predicted octanol–water partition coefficient (Wildman–Crippen LogP) is 4.53. The van der Waals surface area contributed by atoms with Gasteiger partial charge in [0.2, 0.25) is 5.91 Å². The van der Waals surface area contributed by atoms with Crippen LogP contribution in [0, 0.1) is 11.6 Å². The van der Waals surface area contributed by atoms with Crippen molar-refractivity contribution in [3.05, 3.63) is 66.0 Å². The SMILES string of the molecule is O=C(CSc1ncnc2c1sc1cccc(F)c12)NCc1cccc(F)c1. The van der Waals surface area contributed by atoms with Crippen molar-refractivity contribution in [2.75, 3.05) is 5.75 Å². The zero-order chi connectivity index (χ0) is 18.8. The molecule has 4 rings (SSSR count). The summed E-state index contributed by atoms with van der Waals surface area (Å²) in [5.74, 6) is -0.695. The van der Waals surface area contributed by atoms with Crippen molar-refractivity contribution in [1.29, 1.82) is 0 Å². The molecule has 4 nitrogen and oxygen atoms in total. The molecule has 4 aromatic rings. The Morgan fingerprint density at radius 1 is 1.15 bits per heavy atom. The Hall–Kier alpha value is -2.58. The summed E-state index contributed by atoms with van der Waals surface area (Å²) >= 11 is 2.67. The molecule has 0 saturated heterocycles. The molecule has 0 aliphatic rings. The zero-order valence-corrected chi connectivity index (χ0v) is 15.5. The second kappa shape index (κ2) is 7.58. The van der Waals surface area contributed by atoms with E-state index in [9.17, 15) is 13.6 Å². The van der Waals surface area contributed by atoms with Gasteiger partial charge in [-0.15, -0.1) is 11.3 Å². The molecule has 136 valence electrons. The van der Waals surface area contributed by atoms with Crippen LogP contribution in [-0.2, 0) is 11.3 Å². The highest BCUT2D eigenvalue weighted by Gasteiger charge is 2.15. The van der Waals surface area contributed by atoms with E-state index in [1.807, 2.05) is 6.07 Å². The molecule has 0 radical (unpaired) electrons. The molecule has 0 aliphatic heterocycles. The lowest BCUT2D eigenvalue weighted by Gasteiger charge is -2.05. The molecule has 0 saturated carbocycles. The van der Waals surface area contributed by atoms with Gasteiger partial charge in [0.15, 0.2) is 0 Å². The fourth-order valence-electron chi connectivity index (χ4n) is 2.69. The Balaban J connectivity index is 1.48. The molecule has 1 amide bonds. The largest absolute Gasteiger partial charge is 0.351 e. The number of hydrogen-bond donors (Lipinski definition) is 1. The van der Waals surface area contributed by atoms with Gasteiger partial charge in [-0.3, -0.25) is 4.79 Å². The van der Waals surface area contributed by atoms with Crippen molar-refractivity contribution < 1.29 is 13.6 Å². The number of carbonyl (C=O) groups is 1. The van der Waals surface area contributed by atoms with Gasteiger partial charge in [-0.05, 0) is 29.8 Å². The summed E-state index contributed by atoms with van der Waals surface area (Å²) in [5, 5.41) is 3.88. The molecule has 2 aromatic heterocycles. The number of rotatable bonds is 5. The molecule has 1 N–H and O–H groups in total. The van der Waals surface area contributed by atoms with Crippen molar-refractivity contribution in [2.45, 2.75) is 11.6 Å². The van der Waals surface area contributed by atoms with E-state index in [0.717, 1.165) is 9.40 Å². The lowest BCUT2D eigenvalue weighted by atomic mass is 10.2. The Bertz CT molecular complexity index is 1150. The number of carbonyl (C=O) groups excluding carboxylic acids is 1. The van der Waals surface area contributed by atoms with E-state index < -0.39 is 0 Å². The number of amides is 1. The number of aromatic nitrogens is 2. The Morgan fingerprint density at radius 2 is 2.00 bits per heavy atom. The highest BCUT2D eigenvalue weighted by molar-refractivity contribution is 8.00. The van der Waals surface area contributed by atoms with E-state index in [1.165, 1.54) is 47.6 Å². The number of nitrogens with zero attached hydrogens (tertiary/aromatic N) is 2. The first-order valence-corrected chi connectivity index (χ1v) is 9.87. The third kappa shape index (κ3) is 3.77.